The van der Waals surface area contributed by atoms with Gasteiger partial charge in [0.2, 0.25) is 0 Å². The fourth-order valence-electron chi connectivity index (χ4n) is 4.16. The molecule has 0 bridgehead atoms. The van der Waals surface area contributed by atoms with Crippen LogP contribution in [0.4, 0.5) is 0 Å². The van der Waals surface area contributed by atoms with Gasteiger partial charge >= 0.3 is 0 Å². The van der Waals surface area contributed by atoms with Gasteiger partial charge in [-0.15, -0.1) is 0 Å². The van der Waals surface area contributed by atoms with E-state index in [1.54, 1.807) is 0 Å². The van der Waals surface area contributed by atoms with Crippen molar-refractivity contribution in [2.24, 2.45) is 0 Å². The van der Waals surface area contributed by atoms with Gasteiger partial charge in [0, 0.05) is 0 Å². The second-order valence-corrected chi connectivity index (χ2v) is 8.72. The standard InChI is InChI=1S/C29H44/c1-2-3-4-5-6-7-8-9-10-11-12-13-14-15-16-17-18-21-27-24-25-28-22-19-20-23-29(28)26-27/h16-17,19-20,22-26H,2-15,18,21H2,1H3/b17-16+. The minimum atomic E-state index is 1.15. The Hall–Kier alpha value is -1.56. The lowest BCUT2D eigenvalue weighted by Crippen LogP contribution is -1.84. The van der Waals surface area contributed by atoms with Crippen LogP contribution < -0.4 is 0 Å². The number of allylic oxidation sites excluding steroid dienone is 2. The maximum Gasteiger partial charge on any atom is -0.0181 e. The zero-order valence-corrected chi connectivity index (χ0v) is 19.0. The van der Waals surface area contributed by atoms with Gasteiger partial charge in [-0.1, -0.05) is 139 Å². The molecule has 0 N–H and O–H groups in total. The summed E-state index contributed by atoms with van der Waals surface area (Å²) >= 11 is 0. The second-order valence-electron chi connectivity index (χ2n) is 8.72. The van der Waals surface area contributed by atoms with Gasteiger partial charge in [0.25, 0.3) is 0 Å². The highest BCUT2D eigenvalue weighted by molar-refractivity contribution is 5.82. The summed E-state index contributed by atoms with van der Waals surface area (Å²) in [5.74, 6) is 0. The summed E-state index contributed by atoms with van der Waals surface area (Å²) in [5, 5.41) is 2.70. The van der Waals surface area contributed by atoms with Crippen LogP contribution in [0.3, 0.4) is 0 Å². The normalized spacial score (nSPS) is 11.6. The van der Waals surface area contributed by atoms with Gasteiger partial charge in [-0.3, -0.25) is 0 Å². The van der Waals surface area contributed by atoms with E-state index in [2.05, 4.69) is 61.5 Å². The molecule has 2 rings (SSSR count). The van der Waals surface area contributed by atoms with E-state index >= 15 is 0 Å². The third-order valence-corrected chi connectivity index (χ3v) is 6.05. The molecule has 0 saturated heterocycles. The Balaban J connectivity index is 1.37. The Labute approximate surface area is 180 Å². The molecule has 0 heteroatoms. The number of rotatable bonds is 17. The van der Waals surface area contributed by atoms with Gasteiger partial charge in [-0.25, -0.2) is 0 Å². The number of aryl methyl sites for hydroxylation is 1. The molecule has 0 aliphatic heterocycles. The van der Waals surface area contributed by atoms with Crippen LogP contribution in [0.5, 0.6) is 0 Å². The Kier molecular flexibility index (Phi) is 13.3. The predicted molar refractivity (Wildman–Crippen MR) is 132 cm³/mol. The fourth-order valence-corrected chi connectivity index (χ4v) is 4.16. The first-order valence-corrected chi connectivity index (χ1v) is 12.5. The number of hydrogen-bond acceptors (Lipinski definition) is 0. The molecule has 29 heavy (non-hydrogen) atoms. The van der Waals surface area contributed by atoms with Crippen molar-refractivity contribution < 1.29 is 0 Å². The smallest absolute Gasteiger partial charge is 0.0181 e. The van der Waals surface area contributed by atoms with Gasteiger partial charge in [-0.2, -0.15) is 0 Å². The van der Waals surface area contributed by atoms with Gasteiger partial charge in [0.1, 0.15) is 0 Å². The molecule has 2 aromatic rings. The summed E-state index contributed by atoms with van der Waals surface area (Å²) in [6.07, 6.45) is 27.0. The van der Waals surface area contributed by atoms with Crippen LogP contribution >= 0.6 is 0 Å². The minimum absolute atomic E-state index is 1.15. The van der Waals surface area contributed by atoms with Gasteiger partial charge in [0.15, 0.2) is 0 Å². The van der Waals surface area contributed by atoms with Crippen molar-refractivity contribution >= 4 is 10.8 Å². The van der Waals surface area contributed by atoms with Crippen molar-refractivity contribution in [2.75, 3.05) is 0 Å². The molecule has 0 amide bonds. The van der Waals surface area contributed by atoms with E-state index in [4.69, 9.17) is 0 Å². The highest BCUT2D eigenvalue weighted by Gasteiger charge is 1.96. The van der Waals surface area contributed by atoms with Crippen LogP contribution in [-0.4, -0.2) is 0 Å². The van der Waals surface area contributed by atoms with E-state index in [0.29, 0.717) is 0 Å². The Morgan fingerprint density at radius 2 is 1.10 bits per heavy atom. The summed E-state index contributed by atoms with van der Waals surface area (Å²) in [6.45, 7) is 2.30. The van der Waals surface area contributed by atoms with Crippen LogP contribution in [0.2, 0.25) is 0 Å². The number of unbranched alkanes of at least 4 members (excludes halogenated alkanes) is 13. The lowest BCUT2D eigenvalue weighted by molar-refractivity contribution is 0.540. The minimum Gasteiger partial charge on any atom is -0.0885 e. The van der Waals surface area contributed by atoms with Crippen LogP contribution in [0.15, 0.2) is 54.6 Å². The molecule has 0 nitrogen and oxygen atoms in total. The summed E-state index contributed by atoms with van der Waals surface area (Å²) in [7, 11) is 0. The van der Waals surface area contributed by atoms with Gasteiger partial charge in [-0.05, 0) is 42.0 Å². The van der Waals surface area contributed by atoms with E-state index in [9.17, 15) is 0 Å². The van der Waals surface area contributed by atoms with Gasteiger partial charge < -0.3 is 0 Å². The Morgan fingerprint density at radius 3 is 1.76 bits per heavy atom. The number of benzene rings is 2. The van der Waals surface area contributed by atoms with Crippen molar-refractivity contribution in [1.82, 2.24) is 0 Å². The van der Waals surface area contributed by atoms with E-state index in [0.717, 1.165) is 12.8 Å². The topological polar surface area (TPSA) is 0 Å². The third-order valence-electron chi connectivity index (χ3n) is 6.05. The van der Waals surface area contributed by atoms with Gasteiger partial charge in [0.05, 0.1) is 0 Å². The zero-order valence-electron chi connectivity index (χ0n) is 19.0. The maximum atomic E-state index is 2.40. The Bertz CT molecular complexity index is 667. The molecular weight excluding hydrogens is 348 g/mol. The molecule has 0 atom stereocenters. The first kappa shape index (κ1) is 23.7. The lowest BCUT2D eigenvalue weighted by atomic mass is 10.0. The first-order chi connectivity index (χ1) is 14.4. The van der Waals surface area contributed by atoms with Crippen molar-refractivity contribution in [3.63, 3.8) is 0 Å². The van der Waals surface area contributed by atoms with Crippen LogP contribution in [0, 0.1) is 0 Å². The molecule has 160 valence electrons. The molecule has 0 unspecified atom stereocenters. The lowest BCUT2D eigenvalue weighted by Gasteiger charge is -2.03. The second kappa shape index (κ2) is 16.3. The largest absolute Gasteiger partial charge is 0.0885 e. The summed E-state index contributed by atoms with van der Waals surface area (Å²) in [6, 6.07) is 15.5. The number of hydrogen-bond donors (Lipinski definition) is 0. The predicted octanol–water partition coefficient (Wildman–Crippen LogP) is 9.81. The maximum absolute atomic E-state index is 2.40. The molecule has 0 saturated carbocycles. The quantitative estimate of drug-likeness (QED) is 0.185. The SMILES string of the molecule is CCCCCCCCCCCCCCC/C=C/CCc1ccc2ccccc2c1. The molecule has 0 spiro atoms. The molecule has 2 aromatic carbocycles. The molecule has 0 aromatic heterocycles. The summed E-state index contributed by atoms with van der Waals surface area (Å²) < 4.78 is 0. The van der Waals surface area contributed by atoms with E-state index in [1.807, 2.05) is 0 Å². The van der Waals surface area contributed by atoms with Crippen LogP contribution in [0.1, 0.15) is 109 Å². The zero-order chi connectivity index (χ0) is 20.4. The van der Waals surface area contributed by atoms with Crippen molar-refractivity contribution in [3.05, 3.63) is 60.2 Å². The highest BCUT2D eigenvalue weighted by atomic mass is 14.0. The number of fused-ring (bicyclic) bond motifs is 1. The summed E-state index contributed by atoms with van der Waals surface area (Å²) in [5.41, 5.74) is 1.45. The fraction of sp³-hybridized carbons (Fsp3) is 0.586. The van der Waals surface area contributed by atoms with Crippen LogP contribution in [0.25, 0.3) is 10.8 Å². The van der Waals surface area contributed by atoms with Crippen molar-refractivity contribution in [3.8, 4) is 0 Å². The third kappa shape index (κ3) is 11.3. The molecular formula is C29H44. The van der Waals surface area contributed by atoms with E-state index < -0.39 is 0 Å². The molecule has 0 fully saturated rings. The highest BCUT2D eigenvalue weighted by Crippen LogP contribution is 2.17. The first-order valence-electron chi connectivity index (χ1n) is 12.5. The molecule has 0 aliphatic rings. The van der Waals surface area contributed by atoms with Crippen molar-refractivity contribution in [2.45, 2.75) is 110 Å². The molecule has 0 heterocycles. The van der Waals surface area contributed by atoms with Crippen LogP contribution in [-0.2, 0) is 6.42 Å². The average molecular weight is 393 g/mol. The van der Waals surface area contributed by atoms with E-state index in [1.165, 1.54) is 106 Å². The summed E-state index contributed by atoms with van der Waals surface area (Å²) in [4.78, 5) is 0. The van der Waals surface area contributed by atoms with E-state index in [-0.39, 0.29) is 0 Å². The monoisotopic (exact) mass is 392 g/mol. The Morgan fingerprint density at radius 1 is 0.552 bits per heavy atom. The average Bonchev–Trinajstić information content (AvgIpc) is 2.76. The molecule has 0 aliphatic carbocycles. The molecule has 0 radical (unpaired) electrons. The van der Waals surface area contributed by atoms with Crippen molar-refractivity contribution in [1.29, 1.82) is 0 Å².